The molecule has 0 atom stereocenters. The quantitative estimate of drug-likeness (QED) is 0.498. The summed E-state index contributed by atoms with van der Waals surface area (Å²) in [5.74, 6) is -2.18. The SMILES string of the molecule is COC(=O)C1(C(=O)OC)C=C(NS(=O)(=O)c2ccccc2)C(c2ccc(C(F)(F)F)cn2)=C1. The summed E-state index contributed by atoms with van der Waals surface area (Å²) in [6.45, 7) is 0. The molecule has 0 saturated heterocycles. The molecule has 0 spiro atoms. The number of nitrogens with zero attached hydrogens (tertiary/aromatic N) is 1. The molecule has 0 saturated carbocycles. The fourth-order valence-electron chi connectivity index (χ4n) is 3.13. The van der Waals surface area contributed by atoms with E-state index in [1.807, 2.05) is 0 Å². The Bertz CT molecular complexity index is 1220. The number of benzene rings is 1. The Morgan fingerprint density at radius 3 is 2.06 bits per heavy atom. The lowest BCUT2D eigenvalue weighted by atomic mass is 9.90. The second-order valence-electron chi connectivity index (χ2n) is 6.82. The van der Waals surface area contributed by atoms with Gasteiger partial charge in [0.05, 0.1) is 36.1 Å². The molecule has 1 heterocycles. The second-order valence-corrected chi connectivity index (χ2v) is 8.50. The van der Waals surface area contributed by atoms with E-state index < -0.39 is 39.1 Å². The van der Waals surface area contributed by atoms with Crippen LogP contribution in [-0.2, 0) is 35.3 Å². The summed E-state index contributed by atoms with van der Waals surface area (Å²) in [6.07, 6.45) is -2.09. The van der Waals surface area contributed by atoms with Gasteiger partial charge >= 0.3 is 18.1 Å². The Labute approximate surface area is 186 Å². The molecule has 0 amide bonds. The minimum Gasteiger partial charge on any atom is -0.468 e. The summed E-state index contributed by atoms with van der Waals surface area (Å²) >= 11 is 0. The van der Waals surface area contributed by atoms with Crippen molar-refractivity contribution < 1.29 is 40.7 Å². The molecule has 0 radical (unpaired) electrons. The monoisotopic (exact) mass is 482 g/mol. The Balaban J connectivity index is 2.16. The number of aromatic nitrogens is 1. The lowest BCUT2D eigenvalue weighted by Crippen LogP contribution is -2.37. The number of methoxy groups -OCH3 is 2. The van der Waals surface area contributed by atoms with Gasteiger partial charge in [0.25, 0.3) is 10.0 Å². The molecule has 8 nitrogen and oxygen atoms in total. The first kappa shape index (κ1) is 24.0. The minimum absolute atomic E-state index is 0.112. The molecule has 0 bridgehead atoms. The lowest BCUT2D eigenvalue weighted by Gasteiger charge is -2.18. The molecule has 12 heteroatoms. The number of pyridine rings is 1. The zero-order valence-electron chi connectivity index (χ0n) is 17.2. The highest BCUT2D eigenvalue weighted by Gasteiger charge is 2.50. The van der Waals surface area contributed by atoms with E-state index in [0.717, 1.165) is 38.5 Å². The molecule has 3 rings (SSSR count). The van der Waals surface area contributed by atoms with Crippen molar-refractivity contribution in [1.29, 1.82) is 0 Å². The van der Waals surface area contributed by atoms with Crippen LogP contribution in [0.2, 0.25) is 0 Å². The largest absolute Gasteiger partial charge is 0.468 e. The van der Waals surface area contributed by atoms with Gasteiger partial charge in [0.1, 0.15) is 0 Å². The number of sulfonamides is 1. The van der Waals surface area contributed by atoms with Crippen molar-refractivity contribution in [3.63, 3.8) is 0 Å². The molecule has 1 aromatic carbocycles. The van der Waals surface area contributed by atoms with E-state index in [4.69, 9.17) is 9.47 Å². The third-order valence-corrected chi connectivity index (χ3v) is 6.13. The van der Waals surface area contributed by atoms with Crippen molar-refractivity contribution in [2.45, 2.75) is 11.1 Å². The van der Waals surface area contributed by atoms with Gasteiger partial charge in [-0.1, -0.05) is 18.2 Å². The second kappa shape index (κ2) is 8.70. The van der Waals surface area contributed by atoms with Crippen LogP contribution >= 0.6 is 0 Å². The molecule has 0 unspecified atom stereocenters. The number of esters is 2. The van der Waals surface area contributed by atoms with Crippen LogP contribution in [-0.4, -0.2) is 39.6 Å². The molecule has 0 fully saturated rings. The van der Waals surface area contributed by atoms with E-state index in [2.05, 4.69) is 9.71 Å². The molecule has 2 aromatic rings. The maximum Gasteiger partial charge on any atom is 0.417 e. The number of ether oxygens (including phenoxy) is 2. The normalized spacial score (nSPS) is 15.3. The molecule has 1 N–H and O–H groups in total. The van der Waals surface area contributed by atoms with Crippen LogP contribution in [0.3, 0.4) is 0 Å². The van der Waals surface area contributed by atoms with Crippen LogP contribution in [0.15, 0.2) is 71.4 Å². The third kappa shape index (κ3) is 4.60. The van der Waals surface area contributed by atoms with E-state index in [0.29, 0.717) is 6.20 Å². The van der Waals surface area contributed by atoms with Crippen LogP contribution in [0.4, 0.5) is 13.2 Å². The number of carbonyl (C=O) groups excluding carboxylic acids is 2. The summed E-state index contributed by atoms with van der Waals surface area (Å²) < 4.78 is 76.2. The number of hydrogen-bond donors (Lipinski definition) is 1. The molecule has 1 aliphatic carbocycles. The van der Waals surface area contributed by atoms with Crippen LogP contribution in [0.1, 0.15) is 11.3 Å². The van der Waals surface area contributed by atoms with Gasteiger partial charge < -0.3 is 9.47 Å². The minimum atomic E-state index is -4.65. The number of halogens is 3. The van der Waals surface area contributed by atoms with Gasteiger partial charge in [0.15, 0.2) is 0 Å². The first-order valence-corrected chi connectivity index (χ1v) is 10.7. The van der Waals surface area contributed by atoms with Gasteiger partial charge in [0.2, 0.25) is 5.41 Å². The highest BCUT2D eigenvalue weighted by Crippen LogP contribution is 2.41. The van der Waals surface area contributed by atoms with Gasteiger partial charge in [-0.2, -0.15) is 13.2 Å². The van der Waals surface area contributed by atoms with Gasteiger partial charge in [-0.05, 0) is 36.4 Å². The Hall–Kier alpha value is -3.67. The van der Waals surface area contributed by atoms with Crippen LogP contribution < -0.4 is 4.72 Å². The number of allylic oxidation sites excluding steroid dienone is 1. The van der Waals surface area contributed by atoms with Gasteiger partial charge in [-0.3, -0.25) is 19.3 Å². The lowest BCUT2D eigenvalue weighted by molar-refractivity contribution is -0.161. The van der Waals surface area contributed by atoms with Crippen LogP contribution in [0.25, 0.3) is 5.57 Å². The predicted octanol–water partition coefficient (Wildman–Crippen LogP) is 2.69. The van der Waals surface area contributed by atoms with Gasteiger partial charge in [0, 0.05) is 11.8 Å². The fourth-order valence-corrected chi connectivity index (χ4v) is 4.22. The summed E-state index contributed by atoms with van der Waals surface area (Å²) in [6, 6.07) is 8.92. The van der Waals surface area contributed by atoms with E-state index in [-0.39, 0.29) is 21.9 Å². The van der Waals surface area contributed by atoms with Gasteiger partial charge in [-0.25, -0.2) is 8.42 Å². The summed E-state index contributed by atoms with van der Waals surface area (Å²) in [5, 5.41) is 0. The smallest absolute Gasteiger partial charge is 0.417 e. The first-order valence-electron chi connectivity index (χ1n) is 9.19. The van der Waals surface area contributed by atoms with Crippen molar-refractivity contribution in [3.8, 4) is 0 Å². The standard InChI is InChI=1S/C21H17F3N2O6S/c1-31-18(27)20(19(28)32-2)10-15(16-9-8-13(12-25-16)21(22,23)24)17(11-20)26-33(29,30)14-6-4-3-5-7-14/h3-12,26H,1-2H3. The van der Waals surface area contributed by atoms with Gasteiger partial charge in [-0.15, -0.1) is 0 Å². The number of carbonyl (C=O) groups is 2. The first-order chi connectivity index (χ1) is 15.4. The maximum atomic E-state index is 12.9. The topological polar surface area (TPSA) is 112 Å². The van der Waals surface area contributed by atoms with Crippen molar-refractivity contribution in [1.82, 2.24) is 9.71 Å². The average molecular weight is 482 g/mol. The highest BCUT2D eigenvalue weighted by atomic mass is 32.2. The Kier molecular flexibility index (Phi) is 6.32. The van der Waals surface area contributed by atoms with E-state index in [1.165, 1.54) is 24.3 Å². The molecule has 33 heavy (non-hydrogen) atoms. The number of rotatable bonds is 6. The van der Waals surface area contributed by atoms with Crippen molar-refractivity contribution in [2.75, 3.05) is 14.2 Å². The molecular weight excluding hydrogens is 465 g/mol. The number of alkyl halides is 3. The summed E-state index contributed by atoms with van der Waals surface area (Å²) in [5.41, 5.74) is -3.72. The molecule has 0 aliphatic heterocycles. The van der Waals surface area contributed by atoms with Crippen LogP contribution in [0.5, 0.6) is 0 Å². The molecular formula is C21H17F3N2O6S. The van der Waals surface area contributed by atoms with Crippen molar-refractivity contribution in [2.24, 2.45) is 5.41 Å². The summed E-state index contributed by atoms with van der Waals surface area (Å²) in [7, 11) is -2.18. The Morgan fingerprint density at radius 2 is 1.58 bits per heavy atom. The average Bonchev–Trinajstić information content (AvgIpc) is 3.17. The van der Waals surface area contributed by atoms with E-state index in [9.17, 15) is 31.2 Å². The van der Waals surface area contributed by atoms with E-state index in [1.54, 1.807) is 6.07 Å². The summed E-state index contributed by atoms with van der Waals surface area (Å²) in [4.78, 5) is 28.7. The molecule has 1 aromatic heterocycles. The van der Waals surface area contributed by atoms with Crippen LogP contribution in [0, 0.1) is 5.41 Å². The molecule has 174 valence electrons. The zero-order valence-corrected chi connectivity index (χ0v) is 18.0. The Morgan fingerprint density at radius 1 is 0.970 bits per heavy atom. The van der Waals surface area contributed by atoms with E-state index >= 15 is 0 Å². The number of hydrogen-bond acceptors (Lipinski definition) is 7. The fraction of sp³-hybridized carbons (Fsp3) is 0.190. The number of nitrogens with one attached hydrogen (secondary N) is 1. The zero-order chi connectivity index (χ0) is 24.4. The molecule has 1 aliphatic rings. The van der Waals surface area contributed by atoms with Crippen molar-refractivity contribution >= 4 is 27.5 Å². The van der Waals surface area contributed by atoms with Crippen molar-refractivity contribution in [3.05, 3.63) is 77.8 Å². The predicted molar refractivity (Wildman–Crippen MR) is 109 cm³/mol. The third-order valence-electron chi connectivity index (χ3n) is 4.75. The maximum absolute atomic E-state index is 12.9. The highest BCUT2D eigenvalue weighted by molar-refractivity contribution is 7.89.